The smallest absolute Gasteiger partial charge is 0.346 e. The van der Waals surface area contributed by atoms with Gasteiger partial charge in [0, 0.05) is 23.7 Å². The Kier molecular flexibility index (Phi) is 5.70. The number of amides is 1. The van der Waals surface area contributed by atoms with E-state index in [-0.39, 0.29) is 23.7 Å². The summed E-state index contributed by atoms with van der Waals surface area (Å²) in [5, 5.41) is 7.41. The molecule has 156 valence electrons. The highest BCUT2D eigenvalue weighted by atomic mass is 16.5. The zero-order chi connectivity index (χ0) is 21.1. The predicted molar refractivity (Wildman–Crippen MR) is 115 cm³/mol. The van der Waals surface area contributed by atoms with Crippen molar-refractivity contribution in [1.82, 2.24) is 19.7 Å². The van der Waals surface area contributed by atoms with Gasteiger partial charge in [0.2, 0.25) is 0 Å². The number of nitrogens with one attached hydrogen (secondary N) is 1. The Morgan fingerprint density at radius 1 is 1.13 bits per heavy atom. The SMILES string of the molecule is CC(C)Oc1ccc(C(=O)NCCn2nc(-c3ccccc3)n(C3CC3)c2=O)cc1. The molecule has 7 heteroatoms. The zero-order valence-electron chi connectivity index (χ0n) is 17.2. The van der Waals surface area contributed by atoms with Crippen LogP contribution in [0.5, 0.6) is 5.75 Å². The molecule has 0 unspecified atom stereocenters. The normalized spacial score (nSPS) is 13.4. The van der Waals surface area contributed by atoms with Gasteiger partial charge < -0.3 is 10.1 Å². The molecule has 1 aliphatic carbocycles. The van der Waals surface area contributed by atoms with E-state index in [1.807, 2.05) is 44.2 Å². The molecule has 1 saturated carbocycles. The molecule has 4 rings (SSSR count). The number of carbonyl (C=O) groups excluding carboxylic acids is 1. The van der Waals surface area contributed by atoms with Crippen LogP contribution in [0.4, 0.5) is 0 Å². The molecular formula is C23H26N4O3. The van der Waals surface area contributed by atoms with Gasteiger partial charge in [-0.1, -0.05) is 30.3 Å². The monoisotopic (exact) mass is 406 g/mol. The summed E-state index contributed by atoms with van der Waals surface area (Å²) in [4.78, 5) is 25.3. The molecule has 1 amide bonds. The number of hydrogen-bond donors (Lipinski definition) is 1. The minimum atomic E-state index is -0.191. The first-order chi connectivity index (χ1) is 14.5. The molecule has 7 nitrogen and oxygen atoms in total. The van der Waals surface area contributed by atoms with Crippen LogP contribution in [0.1, 0.15) is 43.1 Å². The highest BCUT2D eigenvalue weighted by Crippen LogP contribution is 2.36. The van der Waals surface area contributed by atoms with E-state index in [4.69, 9.17) is 4.74 Å². The molecule has 1 heterocycles. The molecule has 3 aromatic rings. The second kappa shape index (κ2) is 8.57. The molecule has 2 aromatic carbocycles. The Morgan fingerprint density at radius 3 is 2.47 bits per heavy atom. The maximum Gasteiger partial charge on any atom is 0.346 e. The lowest BCUT2D eigenvalue weighted by molar-refractivity contribution is 0.0951. The van der Waals surface area contributed by atoms with Crippen molar-refractivity contribution >= 4 is 5.91 Å². The molecule has 0 aliphatic heterocycles. The number of benzene rings is 2. The van der Waals surface area contributed by atoms with Crippen molar-refractivity contribution in [2.75, 3.05) is 6.54 Å². The van der Waals surface area contributed by atoms with Crippen LogP contribution in [0.25, 0.3) is 11.4 Å². The summed E-state index contributed by atoms with van der Waals surface area (Å²) >= 11 is 0. The summed E-state index contributed by atoms with van der Waals surface area (Å²) in [6.45, 7) is 4.55. The molecule has 1 fully saturated rings. The summed E-state index contributed by atoms with van der Waals surface area (Å²) in [6, 6.07) is 17.0. The van der Waals surface area contributed by atoms with Crippen LogP contribution in [0.2, 0.25) is 0 Å². The van der Waals surface area contributed by atoms with Crippen LogP contribution in [-0.4, -0.2) is 32.9 Å². The van der Waals surface area contributed by atoms with Crippen molar-refractivity contribution in [1.29, 1.82) is 0 Å². The molecule has 30 heavy (non-hydrogen) atoms. The predicted octanol–water partition coefficient (Wildman–Crippen LogP) is 3.26. The van der Waals surface area contributed by atoms with E-state index in [1.165, 1.54) is 4.68 Å². The first-order valence-corrected chi connectivity index (χ1v) is 10.3. The quantitative estimate of drug-likeness (QED) is 0.623. The summed E-state index contributed by atoms with van der Waals surface area (Å²) in [7, 11) is 0. The highest BCUT2D eigenvalue weighted by Gasteiger charge is 2.30. The van der Waals surface area contributed by atoms with Crippen LogP contribution in [-0.2, 0) is 6.54 Å². The van der Waals surface area contributed by atoms with E-state index in [0.29, 0.717) is 24.5 Å². The Labute approximate surface area is 175 Å². The molecule has 0 bridgehead atoms. The van der Waals surface area contributed by atoms with Crippen molar-refractivity contribution in [3.05, 3.63) is 70.6 Å². The van der Waals surface area contributed by atoms with Crippen LogP contribution >= 0.6 is 0 Å². The van der Waals surface area contributed by atoms with Gasteiger partial charge in [0.15, 0.2) is 5.82 Å². The number of aromatic nitrogens is 3. The van der Waals surface area contributed by atoms with Gasteiger partial charge in [-0.3, -0.25) is 9.36 Å². The van der Waals surface area contributed by atoms with Gasteiger partial charge in [-0.25, -0.2) is 9.48 Å². The average molecular weight is 406 g/mol. The van der Waals surface area contributed by atoms with E-state index < -0.39 is 0 Å². The Morgan fingerprint density at radius 2 is 1.83 bits per heavy atom. The molecular weight excluding hydrogens is 380 g/mol. The Balaban J connectivity index is 1.42. The maximum atomic E-state index is 12.9. The minimum Gasteiger partial charge on any atom is -0.491 e. The van der Waals surface area contributed by atoms with E-state index in [0.717, 1.165) is 24.2 Å². The standard InChI is InChI=1S/C23H26N4O3/c1-16(2)30-20-12-8-18(9-13-20)22(28)24-14-15-26-23(29)27(19-10-11-19)21(25-26)17-6-4-3-5-7-17/h3-9,12-13,16,19H,10-11,14-15H2,1-2H3,(H,24,28). The molecule has 0 spiro atoms. The second-order valence-electron chi connectivity index (χ2n) is 7.74. The van der Waals surface area contributed by atoms with E-state index in [1.54, 1.807) is 28.8 Å². The highest BCUT2D eigenvalue weighted by molar-refractivity contribution is 5.94. The molecule has 0 atom stereocenters. The Bertz CT molecular complexity index is 1060. The van der Waals surface area contributed by atoms with E-state index in [2.05, 4.69) is 10.4 Å². The minimum absolute atomic E-state index is 0.0826. The number of hydrogen-bond acceptors (Lipinski definition) is 4. The molecule has 1 aromatic heterocycles. The van der Waals surface area contributed by atoms with Crippen molar-refractivity contribution in [2.45, 2.75) is 45.4 Å². The molecule has 0 saturated heterocycles. The fourth-order valence-corrected chi connectivity index (χ4v) is 3.35. The van der Waals surface area contributed by atoms with Gasteiger partial charge in [0.1, 0.15) is 5.75 Å². The lowest BCUT2D eigenvalue weighted by Gasteiger charge is -2.10. The van der Waals surface area contributed by atoms with Crippen LogP contribution in [0, 0.1) is 0 Å². The fraction of sp³-hybridized carbons (Fsp3) is 0.348. The zero-order valence-corrected chi connectivity index (χ0v) is 17.2. The largest absolute Gasteiger partial charge is 0.491 e. The summed E-state index contributed by atoms with van der Waals surface area (Å²) in [5.41, 5.74) is 1.35. The number of carbonyl (C=O) groups is 1. The summed E-state index contributed by atoms with van der Waals surface area (Å²) in [5.74, 6) is 1.23. The van der Waals surface area contributed by atoms with Crippen LogP contribution in [0.3, 0.4) is 0 Å². The van der Waals surface area contributed by atoms with Gasteiger partial charge in [-0.15, -0.1) is 5.10 Å². The molecule has 0 radical (unpaired) electrons. The van der Waals surface area contributed by atoms with Crippen molar-refractivity contribution < 1.29 is 9.53 Å². The number of ether oxygens (including phenoxy) is 1. The lowest BCUT2D eigenvalue weighted by atomic mass is 10.2. The number of nitrogens with zero attached hydrogens (tertiary/aromatic N) is 3. The maximum absolute atomic E-state index is 12.9. The van der Waals surface area contributed by atoms with Crippen molar-refractivity contribution in [3.63, 3.8) is 0 Å². The first kappa shape index (κ1) is 19.9. The van der Waals surface area contributed by atoms with Crippen LogP contribution < -0.4 is 15.7 Å². The first-order valence-electron chi connectivity index (χ1n) is 10.3. The third-order valence-electron chi connectivity index (χ3n) is 4.91. The van der Waals surface area contributed by atoms with Crippen molar-refractivity contribution in [3.8, 4) is 17.1 Å². The molecule has 1 aliphatic rings. The average Bonchev–Trinajstić information content (AvgIpc) is 3.52. The van der Waals surface area contributed by atoms with E-state index >= 15 is 0 Å². The summed E-state index contributed by atoms with van der Waals surface area (Å²) < 4.78 is 8.82. The van der Waals surface area contributed by atoms with Crippen molar-refractivity contribution in [2.24, 2.45) is 0 Å². The van der Waals surface area contributed by atoms with Gasteiger partial charge in [-0.2, -0.15) is 0 Å². The Hall–Kier alpha value is -3.35. The topological polar surface area (TPSA) is 78.2 Å². The van der Waals surface area contributed by atoms with E-state index in [9.17, 15) is 9.59 Å². The summed E-state index contributed by atoms with van der Waals surface area (Å²) in [6.07, 6.45) is 2.08. The molecule has 1 N–H and O–H groups in total. The van der Waals surface area contributed by atoms with Gasteiger partial charge in [0.05, 0.1) is 12.6 Å². The van der Waals surface area contributed by atoms with Gasteiger partial charge in [0.25, 0.3) is 5.91 Å². The third kappa shape index (κ3) is 4.45. The van der Waals surface area contributed by atoms with Crippen LogP contribution in [0.15, 0.2) is 59.4 Å². The second-order valence-corrected chi connectivity index (χ2v) is 7.74. The van der Waals surface area contributed by atoms with Gasteiger partial charge >= 0.3 is 5.69 Å². The lowest BCUT2D eigenvalue weighted by Crippen LogP contribution is -2.32. The van der Waals surface area contributed by atoms with Gasteiger partial charge in [-0.05, 0) is 51.0 Å². The fourth-order valence-electron chi connectivity index (χ4n) is 3.35. The third-order valence-corrected chi connectivity index (χ3v) is 4.91. The number of rotatable bonds is 8.